The Kier molecular flexibility index (Phi) is 8.27. The molecule has 0 fully saturated rings. The van der Waals surface area contributed by atoms with Crippen LogP contribution in [0.3, 0.4) is 0 Å². The average molecular weight is 542 g/mol. The van der Waals surface area contributed by atoms with E-state index in [-0.39, 0.29) is 12.5 Å². The van der Waals surface area contributed by atoms with Crippen LogP contribution in [0.5, 0.6) is 11.5 Å². The number of aliphatic imine (C=N–C) groups is 1. The van der Waals surface area contributed by atoms with E-state index in [2.05, 4.69) is 45.9 Å². The Morgan fingerprint density at radius 2 is 1.81 bits per heavy atom. The van der Waals surface area contributed by atoms with E-state index in [1.54, 1.807) is 0 Å². The zero-order chi connectivity index (χ0) is 23.1. The van der Waals surface area contributed by atoms with E-state index in [0.29, 0.717) is 18.1 Å². The predicted octanol–water partition coefficient (Wildman–Crippen LogP) is 6.38. The summed E-state index contributed by atoms with van der Waals surface area (Å²) in [5.41, 5.74) is 5.99. The first-order valence-corrected chi connectivity index (χ1v) is 11.5. The van der Waals surface area contributed by atoms with E-state index >= 15 is 0 Å². The first-order valence-electron chi connectivity index (χ1n) is 10.4. The van der Waals surface area contributed by atoms with Crippen LogP contribution in [0.15, 0.2) is 59.6 Å². The summed E-state index contributed by atoms with van der Waals surface area (Å²) >= 11 is 2.19. The average Bonchev–Trinajstić information content (AvgIpc) is 2.73. The number of nitrogens with one attached hydrogen (secondary N) is 1. The van der Waals surface area contributed by atoms with Crippen LogP contribution in [0, 0.1) is 24.3 Å². The molecule has 6 heteroatoms. The monoisotopic (exact) mass is 542 g/mol. The number of carbonyl (C=O) groups excluding carboxylic acids is 1. The topological polar surface area (TPSA) is 59.9 Å². The van der Waals surface area contributed by atoms with Crippen LogP contribution in [0.1, 0.15) is 29.2 Å². The quantitative estimate of drug-likeness (QED) is 0.265. The number of amides is 1. The molecule has 0 saturated heterocycles. The van der Waals surface area contributed by atoms with Crippen molar-refractivity contribution in [2.75, 3.05) is 18.5 Å². The Morgan fingerprint density at radius 3 is 2.53 bits per heavy atom. The minimum atomic E-state index is -0.227. The molecule has 1 amide bonds. The Labute approximate surface area is 203 Å². The van der Waals surface area contributed by atoms with Gasteiger partial charge in [-0.15, -0.1) is 0 Å². The van der Waals surface area contributed by atoms with Crippen molar-refractivity contribution in [2.45, 2.75) is 27.7 Å². The van der Waals surface area contributed by atoms with E-state index in [4.69, 9.17) is 9.47 Å². The van der Waals surface area contributed by atoms with E-state index in [1.165, 1.54) is 5.56 Å². The highest BCUT2D eigenvalue weighted by Crippen LogP contribution is 2.34. The SMILES string of the molecule is CCOc1cc(C=Nc2ccc(C)cc2C)cc(I)c1OCC(=O)Nc1cccc(C)c1. The van der Waals surface area contributed by atoms with E-state index < -0.39 is 0 Å². The fourth-order valence-corrected chi connectivity index (χ4v) is 4.00. The van der Waals surface area contributed by atoms with Crippen LogP contribution in [0.4, 0.5) is 11.4 Å². The smallest absolute Gasteiger partial charge is 0.262 e. The van der Waals surface area contributed by atoms with Crippen molar-refractivity contribution >= 4 is 46.1 Å². The molecule has 0 aliphatic heterocycles. The van der Waals surface area contributed by atoms with Crippen LogP contribution in [0.25, 0.3) is 0 Å². The minimum absolute atomic E-state index is 0.111. The number of hydrogen-bond acceptors (Lipinski definition) is 4. The number of carbonyl (C=O) groups is 1. The third-order valence-corrected chi connectivity index (χ3v) is 5.49. The normalized spacial score (nSPS) is 10.9. The maximum Gasteiger partial charge on any atom is 0.262 e. The lowest BCUT2D eigenvalue weighted by atomic mass is 10.1. The lowest BCUT2D eigenvalue weighted by molar-refractivity contribution is -0.118. The molecule has 32 heavy (non-hydrogen) atoms. The Balaban J connectivity index is 1.74. The lowest BCUT2D eigenvalue weighted by Gasteiger charge is -2.15. The van der Waals surface area contributed by atoms with Crippen molar-refractivity contribution in [1.29, 1.82) is 0 Å². The molecule has 0 spiro atoms. The Morgan fingerprint density at radius 1 is 1.03 bits per heavy atom. The maximum atomic E-state index is 12.4. The van der Waals surface area contributed by atoms with Crippen molar-refractivity contribution < 1.29 is 14.3 Å². The largest absolute Gasteiger partial charge is 0.490 e. The highest BCUT2D eigenvalue weighted by atomic mass is 127. The van der Waals surface area contributed by atoms with Gasteiger partial charge in [0.15, 0.2) is 18.1 Å². The molecule has 0 atom stereocenters. The van der Waals surface area contributed by atoms with E-state index in [1.807, 2.05) is 75.5 Å². The summed E-state index contributed by atoms with van der Waals surface area (Å²) in [6.07, 6.45) is 1.82. The molecule has 0 bridgehead atoms. The molecule has 0 unspecified atom stereocenters. The summed E-state index contributed by atoms with van der Waals surface area (Å²) in [7, 11) is 0. The van der Waals surface area contributed by atoms with Gasteiger partial charge >= 0.3 is 0 Å². The summed E-state index contributed by atoms with van der Waals surface area (Å²) in [5.74, 6) is 0.912. The van der Waals surface area contributed by atoms with Crippen LogP contribution in [-0.4, -0.2) is 25.3 Å². The van der Waals surface area contributed by atoms with E-state index in [9.17, 15) is 4.79 Å². The standard InChI is InChI=1S/C26H27IN2O3/c1-5-31-24-14-20(15-28-23-10-9-18(3)11-19(23)4)13-22(27)26(24)32-16-25(30)29-21-8-6-7-17(2)12-21/h6-15H,5,16H2,1-4H3,(H,29,30). The van der Waals surface area contributed by atoms with Gasteiger partial charge < -0.3 is 14.8 Å². The first kappa shape index (κ1) is 23.8. The second-order valence-electron chi connectivity index (χ2n) is 7.52. The van der Waals surface area contributed by atoms with Gasteiger partial charge in [-0.2, -0.15) is 0 Å². The molecule has 0 aliphatic rings. The van der Waals surface area contributed by atoms with Gasteiger partial charge in [0.25, 0.3) is 5.91 Å². The van der Waals surface area contributed by atoms with Gasteiger partial charge in [0.1, 0.15) is 0 Å². The van der Waals surface area contributed by atoms with Gasteiger partial charge in [0.05, 0.1) is 15.9 Å². The molecule has 0 radical (unpaired) electrons. The van der Waals surface area contributed by atoms with E-state index in [0.717, 1.165) is 31.6 Å². The Hall–Kier alpha value is -2.87. The van der Waals surface area contributed by atoms with Crippen LogP contribution in [-0.2, 0) is 4.79 Å². The zero-order valence-corrected chi connectivity index (χ0v) is 20.9. The number of benzene rings is 3. The summed E-state index contributed by atoms with van der Waals surface area (Å²) in [5, 5.41) is 2.85. The van der Waals surface area contributed by atoms with Gasteiger partial charge in [-0.25, -0.2) is 0 Å². The van der Waals surface area contributed by atoms with Crippen molar-refractivity contribution in [2.24, 2.45) is 4.99 Å². The number of halogens is 1. The highest BCUT2D eigenvalue weighted by Gasteiger charge is 2.14. The molecule has 3 rings (SSSR count). The third-order valence-electron chi connectivity index (χ3n) is 4.69. The first-order chi connectivity index (χ1) is 15.4. The van der Waals surface area contributed by atoms with Crippen LogP contribution >= 0.6 is 22.6 Å². The number of nitrogens with zero attached hydrogens (tertiary/aromatic N) is 1. The molecule has 166 valence electrons. The number of aryl methyl sites for hydroxylation is 3. The molecule has 0 heterocycles. The van der Waals surface area contributed by atoms with Crippen molar-refractivity contribution in [3.05, 3.63) is 80.4 Å². The minimum Gasteiger partial charge on any atom is -0.490 e. The molecule has 3 aromatic carbocycles. The summed E-state index contributed by atoms with van der Waals surface area (Å²) in [6.45, 7) is 8.38. The zero-order valence-electron chi connectivity index (χ0n) is 18.7. The predicted molar refractivity (Wildman–Crippen MR) is 139 cm³/mol. The molecule has 1 N–H and O–H groups in total. The molecular weight excluding hydrogens is 515 g/mol. The molecule has 0 saturated carbocycles. The molecular formula is C26H27IN2O3. The van der Waals surface area contributed by atoms with Gasteiger partial charge in [0, 0.05) is 11.9 Å². The van der Waals surface area contributed by atoms with Crippen molar-refractivity contribution in [3.63, 3.8) is 0 Å². The fourth-order valence-electron chi connectivity index (χ4n) is 3.22. The van der Waals surface area contributed by atoms with Crippen molar-refractivity contribution in [1.82, 2.24) is 0 Å². The van der Waals surface area contributed by atoms with Gasteiger partial charge in [0.2, 0.25) is 0 Å². The van der Waals surface area contributed by atoms with Gasteiger partial charge in [-0.3, -0.25) is 9.79 Å². The highest BCUT2D eigenvalue weighted by molar-refractivity contribution is 14.1. The van der Waals surface area contributed by atoms with Crippen LogP contribution < -0.4 is 14.8 Å². The second-order valence-corrected chi connectivity index (χ2v) is 8.68. The number of anilines is 1. The molecule has 5 nitrogen and oxygen atoms in total. The van der Waals surface area contributed by atoms with Gasteiger partial charge in [-0.1, -0.05) is 29.8 Å². The second kappa shape index (κ2) is 11.1. The summed E-state index contributed by atoms with van der Waals surface area (Å²) in [6, 6.07) is 17.7. The van der Waals surface area contributed by atoms with Crippen molar-refractivity contribution in [3.8, 4) is 11.5 Å². The fraction of sp³-hybridized carbons (Fsp3) is 0.231. The lowest BCUT2D eigenvalue weighted by Crippen LogP contribution is -2.20. The molecule has 0 aliphatic carbocycles. The number of ether oxygens (including phenoxy) is 2. The maximum absolute atomic E-state index is 12.4. The molecule has 3 aromatic rings. The Bertz CT molecular complexity index is 1140. The number of rotatable bonds is 8. The summed E-state index contributed by atoms with van der Waals surface area (Å²) < 4.78 is 12.5. The molecule has 0 aromatic heterocycles. The van der Waals surface area contributed by atoms with Crippen LogP contribution in [0.2, 0.25) is 0 Å². The van der Waals surface area contributed by atoms with Gasteiger partial charge in [-0.05, 0) is 97.3 Å². The number of hydrogen-bond donors (Lipinski definition) is 1. The third kappa shape index (κ3) is 6.56. The summed E-state index contributed by atoms with van der Waals surface area (Å²) in [4.78, 5) is 17.0.